The lowest BCUT2D eigenvalue weighted by Crippen LogP contribution is -2.48. The van der Waals surface area contributed by atoms with Gasteiger partial charge in [-0.05, 0) is 80.8 Å². The second kappa shape index (κ2) is 6.50. The summed E-state index contributed by atoms with van der Waals surface area (Å²) in [6.07, 6.45) is 9.98. The number of carbonyl (C=O) groups excluding carboxylic acids is 2. The lowest BCUT2D eigenvalue weighted by atomic mass is 9.49. The standard InChI is InChI=1S/C20H28N2O3/c1-13(17-3-2-4-25-17)22-19(24)12-21-18(23)11-20-8-14-5-15(9-20)7-16(6-14)10-20/h2-4,13-16H,5-12H2,1H3,(H,21,23)(H,22,24)/t13-,14?,15?,16?,20?/m1/s1. The summed E-state index contributed by atoms with van der Waals surface area (Å²) in [5.41, 5.74) is 0.219. The van der Waals surface area contributed by atoms with E-state index >= 15 is 0 Å². The Balaban J connectivity index is 1.25. The highest BCUT2D eigenvalue weighted by molar-refractivity contribution is 5.85. The Kier molecular flexibility index (Phi) is 4.34. The van der Waals surface area contributed by atoms with Crippen LogP contribution in [0.3, 0.4) is 0 Å². The molecule has 5 nitrogen and oxygen atoms in total. The summed E-state index contributed by atoms with van der Waals surface area (Å²) < 4.78 is 5.28. The minimum absolute atomic E-state index is 0.0303. The van der Waals surface area contributed by atoms with Crippen molar-refractivity contribution in [3.63, 3.8) is 0 Å². The Morgan fingerprint density at radius 3 is 2.36 bits per heavy atom. The van der Waals surface area contributed by atoms with Crippen molar-refractivity contribution in [1.82, 2.24) is 10.6 Å². The summed E-state index contributed by atoms with van der Waals surface area (Å²) in [5.74, 6) is 3.10. The topological polar surface area (TPSA) is 71.3 Å². The van der Waals surface area contributed by atoms with E-state index in [-0.39, 0.29) is 29.8 Å². The predicted octanol–water partition coefficient (Wildman–Crippen LogP) is 3.18. The molecule has 5 rings (SSSR count). The Hall–Kier alpha value is -1.78. The summed E-state index contributed by atoms with van der Waals surface area (Å²) in [5, 5.41) is 5.68. The first-order chi connectivity index (χ1) is 12.0. The number of rotatable bonds is 6. The van der Waals surface area contributed by atoms with Crippen LogP contribution in [0.2, 0.25) is 0 Å². The molecule has 5 heteroatoms. The van der Waals surface area contributed by atoms with Gasteiger partial charge in [-0.25, -0.2) is 0 Å². The van der Waals surface area contributed by atoms with Gasteiger partial charge in [-0.1, -0.05) is 0 Å². The van der Waals surface area contributed by atoms with Crippen molar-refractivity contribution in [2.24, 2.45) is 23.2 Å². The third-order valence-corrected chi connectivity index (χ3v) is 6.49. The van der Waals surface area contributed by atoms with Gasteiger partial charge in [0.25, 0.3) is 0 Å². The van der Waals surface area contributed by atoms with Gasteiger partial charge >= 0.3 is 0 Å². The first kappa shape index (κ1) is 16.7. The molecular weight excluding hydrogens is 316 g/mol. The van der Waals surface area contributed by atoms with Crippen molar-refractivity contribution >= 4 is 11.8 Å². The monoisotopic (exact) mass is 344 g/mol. The van der Waals surface area contributed by atoms with Crippen LogP contribution in [0.5, 0.6) is 0 Å². The van der Waals surface area contributed by atoms with Gasteiger partial charge in [0, 0.05) is 6.42 Å². The highest BCUT2D eigenvalue weighted by Crippen LogP contribution is 2.61. The molecule has 0 unspecified atom stereocenters. The first-order valence-corrected chi connectivity index (χ1v) is 9.61. The zero-order valence-electron chi connectivity index (χ0n) is 14.9. The SMILES string of the molecule is C[C@@H](NC(=O)CNC(=O)CC12CC3CC(CC(C3)C1)C2)c1ccco1. The van der Waals surface area contributed by atoms with Gasteiger partial charge in [0.15, 0.2) is 0 Å². The molecule has 0 saturated heterocycles. The molecule has 4 bridgehead atoms. The molecular formula is C20H28N2O3. The van der Waals surface area contributed by atoms with E-state index in [1.54, 1.807) is 12.3 Å². The molecule has 0 aliphatic heterocycles. The molecule has 4 fully saturated rings. The number of hydrogen-bond donors (Lipinski definition) is 2. The molecule has 4 aliphatic rings. The van der Waals surface area contributed by atoms with Crippen molar-refractivity contribution in [2.75, 3.05) is 6.54 Å². The Labute approximate surface area is 148 Å². The van der Waals surface area contributed by atoms with Crippen LogP contribution >= 0.6 is 0 Å². The molecule has 0 radical (unpaired) electrons. The molecule has 4 aliphatic carbocycles. The minimum atomic E-state index is -0.192. The fourth-order valence-electron chi connectivity index (χ4n) is 5.99. The molecule has 4 saturated carbocycles. The second-order valence-corrected chi connectivity index (χ2v) is 8.68. The van der Waals surface area contributed by atoms with Crippen LogP contribution in [0.4, 0.5) is 0 Å². The minimum Gasteiger partial charge on any atom is -0.467 e. The average Bonchev–Trinajstić information content (AvgIpc) is 3.05. The highest BCUT2D eigenvalue weighted by Gasteiger charge is 2.51. The molecule has 1 atom stereocenters. The normalized spacial score (nSPS) is 33.9. The third kappa shape index (κ3) is 3.60. The van der Waals surface area contributed by atoms with Gasteiger partial charge in [-0.15, -0.1) is 0 Å². The van der Waals surface area contributed by atoms with E-state index in [0.29, 0.717) is 12.2 Å². The van der Waals surface area contributed by atoms with Crippen LogP contribution in [0, 0.1) is 23.2 Å². The molecule has 0 spiro atoms. The molecule has 25 heavy (non-hydrogen) atoms. The Morgan fingerprint density at radius 1 is 1.16 bits per heavy atom. The van der Waals surface area contributed by atoms with E-state index in [9.17, 15) is 9.59 Å². The van der Waals surface area contributed by atoms with Crippen LogP contribution in [0.1, 0.15) is 63.7 Å². The molecule has 2 amide bonds. The van der Waals surface area contributed by atoms with Crippen LogP contribution in [-0.4, -0.2) is 18.4 Å². The number of amides is 2. The lowest BCUT2D eigenvalue weighted by molar-refractivity contribution is -0.132. The van der Waals surface area contributed by atoms with Crippen molar-refractivity contribution < 1.29 is 14.0 Å². The van der Waals surface area contributed by atoms with Gasteiger partial charge in [0.05, 0.1) is 18.8 Å². The number of hydrogen-bond acceptors (Lipinski definition) is 3. The fourth-order valence-corrected chi connectivity index (χ4v) is 5.99. The summed E-state index contributed by atoms with van der Waals surface area (Å²) in [7, 11) is 0. The van der Waals surface area contributed by atoms with Crippen LogP contribution in [0.25, 0.3) is 0 Å². The van der Waals surface area contributed by atoms with E-state index in [4.69, 9.17) is 4.42 Å². The number of carbonyl (C=O) groups is 2. The van der Waals surface area contributed by atoms with Gasteiger partial charge in [0.1, 0.15) is 5.76 Å². The van der Waals surface area contributed by atoms with E-state index in [1.807, 2.05) is 13.0 Å². The van der Waals surface area contributed by atoms with Gasteiger partial charge < -0.3 is 15.1 Å². The van der Waals surface area contributed by atoms with Crippen molar-refractivity contribution in [1.29, 1.82) is 0 Å². The Bertz CT molecular complexity index is 602. The first-order valence-electron chi connectivity index (χ1n) is 9.61. The van der Waals surface area contributed by atoms with Crippen molar-refractivity contribution in [3.05, 3.63) is 24.2 Å². The predicted molar refractivity (Wildman–Crippen MR) is 93.5 cm³/mol. The summed E-state index contributed by atoms with van der Waals surface area (Å²) in [6, 6.07) is 3.43. The number of nitrogens with one attached hydrogen (secondary N) is 2. The molecule has 2 N–H and O–H groups in total. The zero-order valence-corrected chi connectivity index (χ0v) is 14.9. The lowest BCUT2D eigenvalue weighted by Gasteiger charge is -2.56. The van der Waals surface area contributed by atoms with Crippen molar-refractivity contribution in [2.45, 2.75) is 57.9 Å². The average molecular weight is 344 g/mol. The largest absolute Gasteiger partial charge is 0.467 e. The zero-order chi connectivity index (χ0) is 17.4. The maximum absolute atomic E-state index is 12.4. The Morgan fingerprint density at radius 2 is 1.80 bits per heavy atom. The van der Waals surface area contributed by atoms with E-state index in [2.05, 4.69) is 10.6 Å². The third-order valence-electron chi connectivity index (χ3n) is 6.49. The van der Waals surface area contributed by atoms with Gasteiger partial charge in [-0.2, -0.15) is 0 Å². The molecule has 1 heterocycles. The number of furan rings is 1. The fraction of sp³-hybridized carbons (Fsp3) is 0.700. The molecule has 136 valence electrons. The quantitative estimate of drug-likeness (QED) is 0.832. The second-order valence-electron chi connectivity index (χ2n) is 8.68. The van der Waals surface area contributed by atoms with E-state index in [1.165, 1.54) is 38.5 Å². The van der Waals surface area contributed by atoms with Gasteiger partial charge in [-0.3, -0.25) is 9.59 Å². The molecule has 1 aromatic rings. The molecule has 0 aromatic carbocycles. The van der Waals surface area contributed by atoms with E-state index < -0.39 is 0 Å². The van der Waals surface area contributed by atoms with Gasteiger partial charge in [0.2, 0.25) is 11.8 Å². The van der Waals surface area contributed by atoms with Crippen LogP contribution in [-0.2, 0) is 9.59 Å². The van der Waals surface area contributed by atoms with Crippen molar-refractivity contribution in [3.8, 4) is 0 Å². The summed E-state index contributed by atoms with van der Waals surface area (Å²) in [6.45, 7) is 1.91. The van der Waals surface area contributed by atoms with Crippen LogP contribution < -0.4 is 10.6 Å². The maximum atomic E-state index is 12.4. The summed E-state index contributed by atoms with van der Waals surface area (Å²) >= 11 is 0. The van der Waals surface area contributed by atoms with Crippen LogP contribution in [0.15, 0.2) is 22.8 Å². The maximum Gasteiger partial charge on any atom is 0.239 e. The summed E-state index contributed by atoms with van der Waals surface area (Å²) in [4.78, 5) is 24.5. The van der Waals surface area contributed by atoms with E-state index in [0.717, 1.165) is 17.8 Å². The smallest absolute Gasteiger partial charge is 0.239 e. The highest BCUT2D eigenvalue weighted by atomic mass is 16.3. The molecule has 1 aromatic heterocycles.